The molecule has 0 spiro atoms. The van der Waals surface area contributed by atoms with E-state index in [0.29, 0.717) is 17.9 Å². The number of carbonyl (C=O) groups is 2. The van der Waals surface area contributed by atoms with Crippen LogP contribution in [0.3, 0.4) is 0 Å². The zero-order chi connectivity index (χ0) is 20.5. The van der Waals surface area contributed by atoms with Crippen molar-refractivity contribution < 1.29 is 23.5 Å². The number of anilines is 1. The molecule has 2 rings (SSSR count). The number of methoxy groups -OCH3 is 2. The van der Waals surface area contributed by atoms with Crippen LogP contribution in [0.4, 0.5) is 10.1 Å². The third-order valence-electron chi connectivity index (χ3n) is 4.27. The van der Waals surface area contributed by atoms with Crippen LogP contribution in [0.2, 0.25) is 0 Å². The number of hydrogen-bond acceptors (Lipinski definition) is 4. The van der Waals surface area contributed by atoms with Crippen LogP contribution in [0, 0.1) is 5.82 Å². The Hall–Kier alpha value is -3.09. The largest absolute Gasteiger partial charge is 0.493 e. The molecule has 0 fully saturated rings. The second-order valence-corrected chi connectivity index (χ2v) is 6.16. The lowest BCUT2D eigenvalue weighted by atomic mass is 10.1. The van der Waals surface area contributed by atoms with Crippen LogP contribution in [0.1, 0.15) is 18.9 Å². The molecule has 28 heavy (non-hydrogen) atoms. The molecule has 2 aromatic carbocycles. The second kappa shape index (κ2) is 10.3. The topological polar surface area (TPSA) is 67.9 Å². The van der Waals surface area contributed by atoms with E-state index in [2.05, 4.69) is 5.32 Å². The molecule has 0 saturated heterocycles. The Morgan fingerprint density at radius 2 is 1.79 bits per heavy atom. The average molecular weight is 388 g/mol. The summed E-state index contributed by atoms with van der Waals surface area (Å²) in [5.41, 5.74) is 1.15. The minimum Gasteiger partial charge on any atom is -0.493 e. The van der Waals surface area contributed by atoms with E-state index in [1.54, 1.807) is 32.4 Å². The van der Waals surface area contributed by atoms with E-state index < -0.39 is 5.82 Å². The van der Waals surface area contributed by atoms with Gasteiger partial charge in [-0.2, -0.15) is 0 Å². The summed E-state index contributed by atoms with van der Waals surface area (Å²) in [7, 11) is 3.13. The van der Waals surface area contributed by atoms with Crippen LogP contribution in [-0.2, 0) is 16.0 Å². The molecule has 0 unspecified atom stereocenters. The first kappa shape index (κ1) is 21.2. The van der Waals surface area contributed by atoms with Crippen molar-refractivity contribution in [2.24, 2.45) is 0 Å². The lowest BCUT2D eigenvalue weighted by molar-refractivity contribution is -0.121. The van der Waals surface area contributed by atoms with E-state index in [1.165, 1.54) is 24.0 Å². The van der Waals surface area contributed by atoms with Crippen molar-refractivity contribution in [2.75, 3.05) is 32.2 Å². The van der Waals surface area contributed by atoms with Crippen LogP contribution < -0.4 is 19.7 Å². The standard InChI is InChI=1S/C21H25FN2O4/c1-15(25)24(18-7-5-4-6-17(18)22)13-12-23-21(26)11-9-16-8-10-19(27-2)20(14-16)28-3/h4-8,10,14H,9,11-13H2,1-3H3,(H,23,26). The summed E-state index contributed by atoms with van der Waals surface area (Å²) in [6.07, 6.45) is 0.825. The molecule has 150 valence electrons. The first-order valence-corrected chi connectivity index (χ1v) is 8.96. The lowest BCUT2D eigenvalue weighted by Gasteiger charge is -2.21. The third kappa shape index (κ3) is 5.70. The maximum absolute atomic E-state index is 13.9. The molecular formula is C21H25FN2O4. The molecule has 0 aromatic heterocycles. The number of ether oxygens (including phenoxy) is 2. The lowest BCUT2D eigenvalue weighted by Crippen LogP contribution is -2.38. The summed E-state index contributed by atoms with van der Waals surface area (Å²) < 4.78 is 24.4. The maximum atomic E-state index is 13.9. The van der Waals surface area contributed by atoms with Gasteiger partial charge in [0.25, 0.3) is 0 Å². The maximum Gasteiger partial charge on any atom is 0.224 e. The Bertz CT molecular complexity index is 826. The van der Waals surface area contributed by atoms with E-state index in [1.807, 2.05) is 12.1 Å². The average Bonchev–Trinajstić information content (AvgIpc) is 2.70. The molecule has 2 amide bonds. The molecule has 7 heteroatoms. The highest BCUT2D eigenvalue weighted by Crippen LogP contribution is 2.27. The molecule has 0 aliphatic heterocycles. The quantitative estimate of drug-likeness (QED) is 0.717. The van der Waals surface area contributed by atoms with Crippen LogP contribution in [0.5, 0.6) is 11.5 Å². The fraction of sp³-hybridized carbons (Fsp3) is 0.333. The molecular weight excluding hydrogens is 363 g/mol. The summed E-state index contributed by atoms with van der Waals surface area (Å²) in [6, 6.07) is 11.6. The number of rotatable bonds is 9. The van der Waals surface area contributed by atoms with E-state index in [9.17, 15) is 14.0 Å². The van der Waals surface area contributed by atoms with Crippen molar-refractivity contribution in [2.45, 2.75) is 19.8 Å². The van der Waals surface area contributed by atoms with Gasteiger partial charge in [0.1, 0.15) is 5.82 Å². The van der Waals surface area contributed by atoms with Crippen LogP contribution in [0.15, 0.2) is 42.5 Å². The number of aryl methyl sites for hydroxylation is 1. The molecule has 0 aliphatic rings. The van der Waals surface area contributed by atoms with E-state index in [-0.39, 0.29) is 37.0 Å². The van der Waals surface area contributed by atoms with Gasteiger partial charge in [-0.3, -0.25) is 9.59 Å². The van der Waals surface area contributed by atoms with Gasteiger partial charge in [0, 0.05) is 26.4 Å². The summed E-state index contributed by atoms with van der Waals surface area (Å²) in [6.45, 7) is 1.79. The number of para-hydroxylation sites is 1. The Labute approximate surface area is 164 Å². The third-order valence-corrected chi connectivity index (χ3v) is 4.27. The monoisotopic (exact) mass is 388 g/mol. The molecule has 6 nitrogen and oxygen atoms in total. The molecule has 0 heterocycles. The van der Waals surface area contributed by atoms with Crippen molar-refractivity contribution in [1.82, 2.24) is 5.32 Å². The van der Waals surface area contributed by atoms with Gasteiger partial charge in [-0.1, -0.05) is 18.2 Å². The van der Waals surface area contributed by atoms with Gasteiger partial charge in [0.05, 0.1) is 19.9 Å². The fourth-order valence-electron chi connectivity index (χ4n) is 2.81. The van der Waals surface area contributed by atoms with Crippen molar-refractivity contribution in [3.8, 4) is 11.5 Å². The Morgan fingerprint density at radius 1 is 1.07 bits per heavy atom. The molecule has 0 aliphatic carbocycles. The number of nitrogens with one attached hydrogen (secondary N) is 1. The van der Waals surface area contributed by atoms with Gasteiger partial charge in [0.15, 0.2) is 11.5 Å². The number of hydrogen-bond donors (Lipinski definition) is 1. The van der Waals surface area contributed by atoms with E-state index in [4.69, 9.17) is 9.47 Å². The number of carbonyl (C=O) groups excluding carboxylic acids is 2. The summed E-state index contributed by atoms with van der Waals surface area (Å²) in [5, 5.41) is 2.77. The summed E-state index contributed by atoms with van der Waals surface area (Å²) in [4.78, 5) is 25.2. The normalized spacial score (nSPS) is 10.3. The van der Waals surface area contributed by atoms with Gasteiger partial charge >= 0.3 is 0 Å². The van der Waals surface area contributed by atoms with Gasteiger partial charge in [-0.25, -0.2) is 4.39 Å². The fourth-order valence-corrected chi connectivity index (χ4v) is 2.81. The highest BCUT2D eigenvalue weighted by molar-refractivity contribution is 5.91. The molecule has 0 radical (unpaired) electrons. The zero-order valence-corrected chi connectivity index (χ0v) is 16.3. The first-order chi connectivity index (χ1) is 13.5. The van der Waals surface area contributed by atoms with Gasteiger partial charge in [-0.05, 0) is 36.2 Å². The van der Waals surface area contributed by atoms with Crippen molar-refractivity contribution in [3.63, 3.8) is 0 Å². The highest BCUT2D eigenvalue weighted by atomic mass is 19.1. The highest BCUT2D eigenvalue weighted by Gasteiger charge is 2.15. The SMILES string of the molecule is COc1ccc(CCC(=O)NCCN(C(C)=O)c2ccccc2F)cc1OC. The second-order valence-electron chi connectivity index (χ2n) is 6.16. The van der Waals surface area contributed by atoms with Crippen LogP contribution >= 0.6 is 0 Å². The smallest absolute Gasteiger partial charge is 0.224 e. The summed E-state index contributed by atoms with van der Waals surface area (Å²) >= 11 is 0. The number of benzene rings is 2. The Kier molecular flexibility index (Phi) is 7.80. The van der Waals surface area contributed by atoms with Crippen molar-refractivity contribution >= 4 is 17.5 Å². The summed E-state index contributed by atoms with van der Waals surface area (Å²) in [5.74, 6) is 0.338. The van der Waals surface area contributed by atoms with Crippen LogP contribution in [-0.4, -0.2) is 39.1 Å². The number of halogens is 1. The van der Waals surface area contributed by atoms with E-state index >= 15 is 0 Å². The Balaban J connectivity index is 1.85. The molecule has 2 aromatic rings. The number of nitrogens with zero attached hydrogens (tertiary/aromatic N) is 1. The van der Waals surface area contributed by atoms with Crippen molar-refractivity contribution in [3.05, 3.63) is 53.8 Å². The van der Waals surface area contributed by atoms with Gasteiger partial charge < -0.3 is 19.7 Å². The molecule has 0 bridgehead atoms. The minimum atomic E-state index is -0.475. The van der Waals surface area contributed by atoms with Gasteiger partial charge in [0.2, 0.25) is 11.8 Å². The van der Waals surface area contributed by atoms with Crippen LogP contribution in [0.25, 0.3) is 0 Å². The molecule has 0 saturated carbocycles. The Morgan fingerprint density at radius 3 is 2.43 bits per heavy atom. The molecule has 0 atom stereocenters. The minimum absolute atomic E-state index is 0.146. The van der Waals surface area contributed by atoms with Gasteiger partial charge in [-0.15, -0.1) is 0 Å². The number of amides is 2. The first-order valence-electron chi connectivity index (χ1n) is 8.96. The zero-order valence-electron chi connectivity index (χ0n) is 16.3. The molecule has 1 N–H and O–H groups in total. The predicted molar refractivity (Wildman–Crippen MR) is 105 cm³/mol. The van der Waals surface area contributed by atoms with Crippen molar-refractivity contribution in [1.29, 1.82) is 0 Å². The predicted octanol–water partition coefficient (Wildman–Crippen LogP) is 2.94. The van der Waals surface area contributed by atoms with E-state index in [0.717, 1.165) is 5.56 Å².